The fourth-order valence-electron chi connectivity index (χ4n) is 2.37. The summed E-state index contributed by atoms with van der Waals surface area (Å²) >= 11 is 0. The molecule has 0 fully saturated rings. The van der Waals surface area contributed by atoms with Crippen molar-refractivity contribution in [2.45, 2.75) is 0 Å². The molecular weight excluding hydrogens is 318 g/mol. The number of ether oxygens (including phenoxy) is 1. The molecule has 0 atom stereocenters. The Hall–Kier alpha value is -3.54. The van der Waals surface area contributed by atoms with Crippen LogP contribution in [0.15, 0.2) is 67.4 Å². The Bertz CT molecular complexity index is 913. The topological polar surface area (TPSA) is 83.2 Å². The molecule has 0 aliphatic rings. The van der Waals surface area contributed by atoms with Crippen LogP contribution in [0.1, 0.15) is 20.7 Å². The number of aromatic amines is 1. The highest BCUT2D eigenvalue weighted by Gasteiger charge is 2.13. The summed E-state index contributed by atoms with van der Waals surface area (Å²) < 4.78 is 5.35. The summed E-state index contributed by atoms with van der Waals surface area (Å²) in [6, 6.07) is 14.0. The van der Waals surface area contributed by atoms with Crippen LogP contribution in [0.5, 0.6) is 5.75 Å². The first-order valence-electron chi connectivity index (χ1n) is 7.69. The Balaban J connectivity index is 1.61. The molecule has 1 heterocycles. The lowest BCUT2D eigenvalue weighted by Crippen LogP contribution is -2.41. The SMILES string of the molecule is C=CCOc1ccc(C(=O)NNC(=O)c2c[nH]c3ccccc23)cc1. The zero-order valence-electron chi connectivity index (χ0n) is 13.4. The van der Waals surface area contributed by atoms with Gasteiger partial charge in [-0.1, -0.05) is 30.9 Å². The summed E-state index contributed by atoms with van der Waals surface area (Å²) in [7, 11) is 0. The number of carbonyl (C=O) groups is 2. The van der Waals surface area contributed by atoms with Crippen molar-refractivity contribution >= 4 is 22.7 Å². The Labute approximate surface area is 144 Å². The van der Waals surface area contributed by atoms with Crippen LogP contribution in [0.3, 0.4) is 0 Å². The highest BCUT2D eigenvalue weighted by molar-refractivity contribution is 6.07. The van der Waals surface area contributed by atoms with Gasteiger partial charge in [0.2, 0.25) is 0 Å². The van der Waals surface area contributed by atoms with Gasteiger partial charge in [0.15, 0.2) is 0 Å². The first kappa shape index (κ1) is 16.3. The van der Waals surface area contributed by atoms with Crippen molar-refractivity contribution in [1.82, 2.24) is 15.8 Å². The number of hydrazine groups is 1. The van der Waals surface area contributed by atoms with Gasteiger partial charge >= 0.3 is 0 Å². The van der Waals surface area contributed by atoms with Crippen LogP contribution in [-0.2, 0) is 0 Å². The van der Waals surface area contributed by atoms with E-state index in [1.54, 1.807) is 36.5 Å². The number of carbonyl (C=O) groups excluding carboxylic acids is 2. The van der Waals surface area contributed by atoms with E-state index in [0.717, 1.165) is 10.9 Å². The largest absolute Gasteiger partial charge is 0.490 e. The monoisotopic (exact) mass is 335 g/mol. The Kier molecular flexibility index (Phi) is 4.80. The van der Waals surface area contributed by atoms with E-state index in [1.807, 2.05) is 24.3 Å². The molecule has 2 amide bonds. The number of hydrogen-bond acceptors (Lipinski definition) is 3. The number of amides is 2. The number of para-hydroxylation sites is 1. The van der Waals surface area contributed by atoms with Crippen LogP contribution >= 0.6 is 0 Å². The van der Waals surface area contributed by atoms with Gasteiger partial charge in [-0.05, 0) is 30.3 Å². The number of fused-ring (bicyclic) bond motifs is 1. The number of rotatable bonds is 5. The van der Waals surface area contributed by atoms with Crippen molar-refractivity contribution in [3.63, 3.8) is 0 Å². The van der Waals surface area contributed by atoms with Crippen molar-refractivity contribution in [2.24, 2.45) is 0 Å². The summed E-state index contributed by atoms with van der Waals surface area (Å²) in [5.74, 6) is -0.167. The minimum Gasteiger partial charge on any atom is -0.490 e. The molecule has 0 unspecified atom stereocenters. The molecule has 3 rings (SSSR count). The van der Waals surface area contributed by atoms with Gasteiger partial charge in [0.05, 0.1) is 5.56 Å². The second-order valence-electron chi connectivity index (χ2n) is 5.28. The second-order valence-corrected chi connectivity index (χ2v) is 5.28. The van der Waals surface area contributed by atoms with Gasteiger partial charge in [-0.2, -0.15) is 0 Å². The third kappa shape index (κ3) is 3.69. The molecule has 3 N–H and O–H groups in total. The molecule has 0 radical (unpaired) electrons. The molecule has 3 aromatic rings. The van der Waals surface area contributed by atoms with Gasteiger partial charge in [0.1, 0.15) is 12.4 Å². The molecule has 1 aromatic heterocycles. The van der Waals surface area contributed by atoms with E-state index < -0.39 is 11.8 Å². The van der Waals surface area contributed by atoms with Crippen molar-refractivity contribution in [3.8, 4) is 5.75 Å². The zero-order valence-corrected chi connectivity index (χ0v) is 13.4. The van der Waals surface area contributed by atoms with Crippen LogP contribution in [0.25, 0.3) is 10.9 Å². The first-order valence-corrected chi connectivity index (χ1v) is 7.69. The lowest BCUT2D eigenvalue weighted by Gasteiger charge is -2.08. The summed E-state index contributed by atoms with van der Waals surface area (Å²) in [6.07, 6.45) is 3.25. The molecule has 6 heteroatoms. The molecule has 0 bridgehead atoms. The fourth-order valence-corrected chi connectivity index (χ4v) is 2.37. The van der Waals surface area contributed by atoms with Gasteiger partial charge in [0.25, 0.3) is 11.8 Å². The number of aromatic nitrogens is 1. The van der Waals surface area contributed by atoms with Gasteiger partial charge in [0, 0.05) is 22.7 Å². The molecule has 6 nitrogen and oxygen atoms in total. The number of nitrogens with one attached hydrogen (secondary N) is 3. The molecular formula is C19H17N3O3. The van der Waals surface area contributed by atoms with Crippen molar-refractivity contribution in [2.75, 3.05) is 6.61 Å². The van der Waals surface area contributed by atoms with Gasteiger partial charge in [-0.25, -0.2) is 0 Å². The second kappa shape index (κ2) is 7.35. The standard InChI is InChI=1S/C19H17N3O3/c1-2-11-25-14-9-7-13(8-10-14)18(23)21-22-19(24)16-12-20-17-6-4-3-5-15(16)17/h2-10,12,20H,1,11H2,(H,21,23)(H,22,24). The quantitative estimate of drug-likeness (QED) is 0.495. The summed E-state index contributed by atoms with van der Waals surface area (Å²) in [6.45, 7) is 3.97. The van der Waals surface area contributed by atoms with E-state index in [9.17, 15) is 9.59 Å². The lowest BCUT2D eigenvalue weighted by molar-refractivity contribution is 0.0847. The summed E-state index contributed by atoms with van der Waals surface area (Å²) in [4.78, 5) is 27.4. The average Bonchev–Trinajstić information content (AvgIpc) is 3.09. The minimum absolute atomic E-state index is 0.392. The van der Waals surface area contributed by atoms with Crippen LogP contribution in [0.4, 0.5) is 0 Å². The normalized spacial score (nSPS) is 10.2. The minimum atomic E-state index is -0.413. The maximum absolute atomic E-state index is 12.3. The molecule has 0 spiro atoms. The fraction of sp³-hybridized carbons (Fsp3) is 0.0526. The van der Waals surface area contributed by atoms with E-state index in [4.69, 9.17) is 4.74 Å². The van der Waals surface area contributed by atoms with E-state index in [1.165, 1.54) is 0 Å². The smallest absolute Gasteiger partial charge is 0.271 e. The van der Waals surface area contributed by atoms with Crippen molar-refractivity contribution in [3.05, 3.63) is 78.5 Å². The summed E-state index contributed by atoms with van der Waals surface area (Å²) in [5, 5.41) is 0.790. The average molecular weight is 335 g/mol. The number of hydrogen-bond donors (Lipinski definition) is 3. The van der Waals surface area contributed by atoms with Crippen LogP contribution in [0.2, 0.25) is 0 Å². The maximum Gasteiger partial charge on any atom is 0.271 e. The van der Waals surface area contributed by atoms with Crippen LogP contribution in [-0.4, -0.2) is 23.4 Å². The van der Waals surface area contributed by atoms with Crippen molar-refractivity contribution < 1.29 is 14.3 Å². The third-order valence-corrected chi connectivity index (χ3v) is 3.61. The molecule has 0 aliphatic carbocycles. The van der Waals surface area contributed by atoms with Gasteiger partial charge in [-0.3, -0.25) is 20.4 Å². The lowest BCUT2D eigenvalue weighted by atomic mass is 10.2. The molecule has 25 heavy (non-hydrogen) atoms. The number of H-pyrrole nitrogens is 1. The molecule has 0 aliphatic heterocycles. The summed E-state index contributed by atoms with van der Waals surface area (Å²) in [5.41, 5.74) is 6.55. The maximum atomic E-state index is 12.3. The zero-order chi connectivity index (χ0) is 17.6. The molecule has 2 aromatic carbocycles. The van der Waals surface area contributed by atoms with E-state index in [0.29, 0.717) is 23.5 Å². The number of benzene rings is 2. The Morgan fingerprint density at radius 3 is 2.52 bits per heavy atom. The molecule has 0 saturated heterocycles. The van der Waals surface area contributed by atoms with Crippen LogP contribution < -0.4 is 15.6 Å². The predicted octanol–water partition coefficient (Wildman–Crippen LogP) is 2.81. The Morgan fingerprint density at radius 1 is 1.04 bits per heavy atom. The first-order chi connectivity index (χ1) is 12.2. The van der Waals surface area contributed by atoms with Crippen molar-refractivity contribution in [1.29, 1.82) is 0 Å². The van der Waals surface area contributed by atoms with Gasteiger partial charge < -0.3 is 9.72 Å². The highest BCUT2D eigenvalue weighted by Crippen LogP contribution is 2.17. The third-order valence-electron chi connectivity index (χ3n) is 3.61. The van der Waals surface area contributed by atoms with Gasteiger partial charge in [-0.15, -0.1) is 0 Å². The highest BCUT2D eigenvalue weighted by atomic mass is 16.5. The van der Waals surface area contributed by atoms with E-state index in [-0.39, 0.29) is 0 Å². The molecule has 126 valence electrons. The van der Waals surface area contributed by atoms with Crippen LogP contribution in [0, 0.1) is 0 Å². The predicted molar refractivity (Wildman–Crippen MR) is 95.4 cm³/mol. The van der Waals surface area contributed by atoms with E-state index >= 15 is 0 Å². The Morgan fingerprint density at radius 2 is 1.76 bits per heavy atom. The molecule has 0 saturated carbocycles. The van der Waals surface area contributed by atoms with E-state index in [2.05, 4.69) is 22.4 Å².